The van der Waals surface area contributed by atoms with Gasteiger partial charge < -0.3 is 15.4 Å². The van der Waals surface area contributed by atoms with E-state index in [1.807, 2.05) is 0 Å². The molecule has 1 heterocycles. The van der Waals surface area contributed by atoms with E-state index in [1.54, 1.807) is 0 Å². The second kappa shape index (κ2) is 6.83. The number of rotatable bonds is 5. The summed E-state index contributed by atoms with van der Waals surface area (Å²) in [6.45, 7) is 1.33. The third kappa shape index (κ3) is 4.66. The lowest BCUT2D eigenvalue weighted by molar-refractivity contribution is -0.145. The fourth-order valence-corrected chi connectivity index (χ4v) is 1.73. The van der Waals surface area contributed by atoms with E-state index in [-0.39, 0.29) is 24.8 Å². The number of piperidine rings is 1. The largest absolute Gasteiger partial charge is 0.467 e. The smallest absolute Gasteiger partial charge is 0.329 e. The van der Waals surface area contributed by atoms with Gasteiger partial charge in [-0.1, -0.05) is 0 Å². The molecule has 1 saturated heterocycles. The Balaban J connectivity index is 2.51. The quantitative estimate of drug-likeness (QED) is 0.396. The van der Waals surface area contributed by atoms with E-state index < -0.39 is 24.0 Å². The van der Waals surface area contributed by atoms with Crippen LogP contribution in [0.25, 0.3) is 0 Å². The van der Waals surface area contributed by atoms with E-state index in [1.165, 1.54) is 14.0 Å². The van der Waals surface area contributed by atoms with E-state index in [4.69, 9.17) is 0 Å². The van der Waals surface area contributed by atoms with Crippen LogP contribution in [0.5, 0.6) is 0 Å². The number of hydrogen-bond donors (Lipinski definition) is 3. The zero-order valence-corrected chi connectivity index (χ0v) is 10.8. The highest BCUT2D eigenvalue weighted by Crippen LogP contribution is 2.04. The minimum atomic E-state index is -0.868. The SMILES string of the molecule is COC(=O)C(CNC1CCC(=O)NC1=O)NC(C)=O. The van der Waals surface area contributed by atoms with Gasteiger partial charge in [-0.2, -0.15) is 0 Å². The maximum Gasteiger partial charge on any atom is 0.329 e. The molecule has 1 rings (SSSR count). The summed E-state index contributed by atoms with van der Waals surface area (Å²) in [7, 11) is 1.21. The molecule has 0 radical (unpaired) electrons. The lowest BCUT2D eigenvalue weighted by atomic mass is 10.1. The first-order chi connectivity index (χ1) is 8.93. The molecular weight excluding hydrogens is 254 g/mol. The van der Waals surface area contributed by atoms with Crippen molar-refractivity contribution in [3.8, 4) is 0 Å². The number of nitrogens with one attached hydrogen (secondary N) is 3. The monoisotopic (exact) mass is 271 g/mol. The number of imide groups is 1. The van der Waals surface area contributed by atoms with Gasteiger partial charge in [-0.25, -0.2) is 4.79 Å². The molecule has 3 N–H and O–H groups in total. The Morgan fingerprint density at radius 3 is 2.68 bits per heavy atom. The molecule has 0 saturated carbocycles. The fraction of sp³-hybridized carbons (Fsp3) is 0.636. The molecule has 0 aromatic carbocycles. The molecule has 0 spiro atoms. The Hall–Kier alpha value is -1.96. The van der Waals surface area contributed by atoms with Crippen molar-refractivity contribution in [3.05, 3.63) is 0 Å². The van der Waals surface area contributed by atoms with Gasteiger partial charge >= 0.3 is 5.97 Å². The number of ether oxygens (including phenoxy) is 1. The first kappa shape index (κ1) is 15.1. The highest BCUT2D eigenvalue weighted by atomic mass is 16.5. The first-order valence-corrected chi connectivity index (χ1v) is 5.86. The third-order valence-electron chi connectivity index (χ3n) is 2.67. The summed E-state index contributed by atoms with van der Waals surface area (Å²) in [6, 6.07) is -1.42. The summed E-state index contributed by atoms with van der Waals surface area (Å²) in [4.78, 5) is 44.8. The molecule has 2 atom stereocenters. The topological polar surface area (TPSA) is 114 Å². The Morgan fingerprint density at radius 1 is 1.47 bits per heavy atom. The van der Waals surface area contributed by atoms with Gasteiger partial charge in [-0.3, -0.25) is 19.7 Å². The maximum absolute atomic E-state index is 11.5. The molecule has 0 aromatic rings. The van der Waals surface area contributed by atoms with Gasteiger partial charge in [0, 0.05) is 19.9 Å². The average molecular weight is 271 g/mol. The van der Waals surface area contributed by atoms with Crippen LogP contribution in [0.2, 0.25) is 0 Å². The second-order valence-corrected chi connectivity index (χ2v) is 4.19. The Morgan fingerprint density at radius 2 is 2.16 bits per heavy atom. The summed E-state index contributed by atoms with van der Waals surface area (Å²) in [6.07, 6.45) is 0.602. The number of methoxy groups -OCH3 is 1. The molecule has 8 nitrogen and oxygen atoms in total. The van der Waals surface area contributed by atoms with Crippen LogP contribution in [0.3, 0.4) is 0 Å². The van der Waals surface area contributed by atoms with Crippen LogP contribution < -0.4 is 16.0 Å². The Bertz CT molecular complexity index is 396. The van der Waals surface area contributed by atoms with Crippen LogP contribution in [0.1, 0.15) is 19.8 Å². The Labute approximate surface area is 110 Å². The highest BCUT2D eigenvalue weighted by Gasteiger charge is 2.28. The minimum Gasteiger partial charge on any atom is -0.467 e. The van der Waals surface area contributed by atoms with Crippen molar-refractivity contribution in [3.63, 3.8) is 0 Å². The fourth-order valence-electron chi connectivity index (χ4n) is 1.73. The molecule has 1 fully saturated rings. The summed E-state index contributed by atoms with van der Waals surface area (Å²) in [5.74, 6) is -1.72. The van der Waals surface area contributed by atoms with E-state index in [0.29, 0.717) is 6.42 Å². The molecule has 0 aromatic heterocycles. The molecule has 3 amide bonds. The summed E-state index contributed by atoms with van der Waals surface area (Å²) in [5, 5.41) is 7.45. The molecule has 19 heavy (non-hydrogen) atoms. The van der Waals surface area contributed by atoms with Crippen molar-refractivity contribution in [2.75, 3.05) is 13.7 Å². The normalized spacial score (nSPS) is 20.4. The van der Waals surface area contributed by atoms with Gasteiger partial charge in [-0.15, -0.1) is 0 Å². The van der Waals surface area contributed by atoms with Crippen LogP contribution in [0.4, 0.5) is 0 Å². The van der Waals surface area contributed by atoms with Crippen molar-refractivity contribution in [1.29, 1.82) is 0 Å². The van der Waals surface area contributed by atoms with Gasteiger partial charge in [0.2, 0.25) is 17.7 Å². The second-order valence-electron chi connectivity index (χ2n) is 4.19. The van der Waals surface area contributed by atoms with Crippen molar-refractivity contribution < 1.29 is 23.9 Å². The zero-order valence-electron chi connectivity index (χ0n) is 10.8. The predicted octanol–water partition coefficient (Wildman–Crippen LogP) is -1.94. The minimum absolute atomic E-state index is 0.0541. The lowest BCUT2D eigenvalue weighted by Crippen LogP contribution is -2.55. The molecular formula is C11H17N3O5. The van der Waals surface area contributed by atoms with E-state index in [0.717, 1.165) is 0 Å². The standard InChI is InChI=1S/C11H17N3O5/c1-6(15)13-8(11(18)19-2)5-12-7-3-4-9(16)14-10(7)17/h7-8,12H,3-5H2,1-2H3,(H,13,15)(H,14,16,17). The number of carbonyl (C=O) groups excluding carboxylic acids is 4. The van der Waals surface area contributed by atoms with Crippen LogP contribution in [0.15, 0.2) is 0 Å². The van der Waals surface area contributed by atoms with Gasteiger partial charge in [0.05, 0.1) is 13.2 Å². The number of hydrogen-bond acceptors (Lipinski definition) is 6. The van der Waals surface area contributed by atoms with Crippen molar-refractivity contribution in [2.45, 2.75) is 31.8 Å². The van der Waals surface area contributed by atoms with Crippen LogP contribution >= 0.6 is 0 Å². The Kier molecular flexibility index (Phi) is 5.43. The summed E-state index contributed by atoms with van der Waals surface area (Å²) < 4.78 is 4.55. The van der Waals surface area contributed by atoms with Crippen LogP contribution in [0, 0.1) is 0 Å². The van der Waals surface area contributed by atoms with Crippen molar-refractivity contribution in [2.24, 2.45) is 0 Å². The van der Waals surface area contributed by atoms with Crippen LogP contribution in [-0.2, 0) is 23.9 Å². The number of carbonyl (C=O) groups is 4. The van der Waals surface area contributed by atoms with Gasteiger partial charge in [0.15, 0.2) is 0 Å². The van der Waals surface area contributed by atoms with E-state index >= 15 is 0 Å². The first-order valence-electron chi connectivity index (χ1n) is 5.86. The molecule has 1 aliphatic rings. The van der Waals surface area contributed by atoms with Gasteiger partial charge in [-0.05, 0) is 6.42 Å². The summed E-state index contributed by atoms with van der Waals surface area (Å²) in [5.41, 5.74) is 0. The average Bonchev–Trinajstić information content (AvgIpc) is 2.34. The molecule has 0 aliphatic carbocycles. The lowest BCUT2D eigenvalue weighted by Gasteiger charge is -2.24. The molecule has 2 unspecified atom stereocenters. The van der Waals surface area contributed by atoms with Crippen molar-refractivity contribution >= 4 is 23.7 Å². The molecule has 1 aliphatic heterocycles. The van der Waals surface area contributed by atoms with E-state index in [2.05, 4.69) is 20.7 Å². The third-order valence-corrected chi connectivity index (χ3v) is 2.67. The zero-order chi connectivity index (χ0) is 14.4. The summed E-state index contributed by atoms with van der Waals surface area (Å²) >= 11 is 0. The maximum atomic E-state index is 11.5. The van der Waals surface area contributed by atoms with Gasteiger partial charge in [0.1, 0.15) is 6.04 Å². The number of esters is 1. The van der Waals surface area contributed by atoms with Crippen LogP contribution in [-0.4, -0.2) is 49.4 Å². The van der Waals surface area contributed by atoms with E-state index in [9.17, 15) is 19.2 Å². The molecule has 0 bridgehead atoms. The highest BCUT2D eigenvalue weighted by molar-refractivity contribution is 6.00. The predicted molar refractivity (Wildman–Crippen MR) is 63.8 cm³/mol. The van der Waals surface area contributed by atoms with Gasteiger partial charge in [0.25, 0.3) is 0 Å². The molecule has 8 heteroatoms. The molecule has 106 valence electrons. The van der Waals surface area contributed by atoms with Crippen molar-refractivity contribution in [1.82, 2.24) is 16.0 Å². The number of amides is 3.